The van der Waals surface area contributed by atoms with Gasteiger partial charge in [-0.15, -0.1) is 0 Å². The number of hydrogen-bond donors (Lipinski definition) is 0. The van der Waals surface area contributed by atoms with Crippen molar-refractivity contribution in [3.63, 3.8) is 0 Å². The first kappa shape index (κ1) is 16.8. The number of fused-ring (bicyclic) bond motifs is 1. The quantitative estimate of drug-likeness (QED) is 0.800. The van der Waals surface area contributed by atoms with Crippen LogP contribution in [0.1, 0.15) is 45.4 Å². The van der Waals surface area contributed by atoms with Crippen LogP contribution in [0.3, 0.4) is 0 Å². The van der Waals surface area contributed by atoms with Crippen molar-refractivity contribution in [2.45, 2.75) is 51.7 Å². The van der Waals surface area contributed by atoms with E-state index in [4.69, 9.17) is 4.99 Å². The average Bonchev–Trinajstić information content (AvgIpc) is 3.00. The molecular formula is C19H29N5O. The van der Waals surface area contributed by atoms with Crippen LogP contribution in [-0.4, -0.2) is 51.6 Å². The first-order valence-corrected chi connectivity index (χ1v) is 9.59. The second-order valence-corrected chi connectivity index (χ2v) is 7.95. The van der Waals surface area contributed by atoms with Crippen molar-refractivity contribution in [1.29, 1.82) is 0 Å². The summed E-state index contributed by atoms with van der Waals surface area (Å²) in [6.07, 6.45) is 8.22. The predicted octanol–water partition coefficient (Wildman–Crippen LogP) is 0.868. The summed E-state index contributed by atoms with van der Waals surface area (Å²) in [6, 6.07) is 0. The Morgan fingerprint density at radius 1 is 1.04 bits per heavy atom. The zero-order valence-corrected chi connectivity index (χ0v) is 15.6. The number of nitrogens with zero attached hydrogens (tertiary/aromatic N) is 5. The highest BCUT2D eigenvalue weighted by molar-refractivity contribution is 5.79. The van der Waals surface area contributed by atoms with Gasteiger partial charge in [-0.1, -0.05) is 0 Å². The lowest BCUT2D eigenvalue weighted by Crippen LogP contribution is -2.54. The minimum atomic E-state index is 0.0660. The highest BCUT2D eigenvalue weighted by Gasteiger charge is 2.33. The highest BCUT2D eigenvalue weighted by atomic mass is 16.1. The molecule has 1 saturated carbocycles. The van der Waals surface area contributed by atoms with Crippen molar-refractivity contribution in [3.05, 3.63) is 17.2 Å². The molecule has 136 valence electrons. The second kappa shape index (κ2) is 6.56. The fourth-order valence-electron chi connectivity index (χ4n) is 4.85. The monoisotopic (exact) mass is 343 g/mol. The molecule has 3 aliphatic rings. The van der Waals surface area contributed by atoms with Gasteiger partial charge in [-0.3, -0.25) is 9.69 Å². The maximum atomic E-state index is 11.5. The molecule has 3 heterocycles. The van der Waals surface area contributed by atoms with Gasteiger partial charge in [0.05, 0.1) is 6.33 Å². The minimum Gasteiger partial charge on any atom is -0.342 e. The van der Waals surface area contributed by atoms with Crippen molar-refractivity contribution >= 4 is 11.5 Å². The van der Waals surface area contributed by atoms with E-state index in [1.807, 2.05) is 13.4 Å². The van der Waals surface area contributed by atoms with E-state index in [1.54, 1.807) is 0 Å². The summed E-state index contributed by atoms with van der Waals surface area (Å²) in [5, 5.41) is 1.13. The third kappa shape index (κ3) is 3.01. The first-order chi connectivity index (χ1) is 12.0. The van der Waals surface area contributed by atoms with Gasteiger partial charge in [-0.2, -0.15) is 0 Å². The molecule has 6 nitrogen and oxygen atoms in total. The lowest BCUT2D eigenvalue weighted by atomic mass is 9.75. The maximum absolute atomic E-state index is 11.5. The molecule has 1 saturated heterocycles. The van der Waals surface area contributed by atoms with Gasteiger partial charge in [0.15, 0.2) is 11.8 Å². The van der Waals surface area contributed by atoms with E-state index in [0.717, 1.165) is 61.4 Å². The van der Waals surface area contributed by atoms with Crippen LogP contribution in [0.4, 0.5) is 0 Å². The van der Waals surface area contributed by atoms with E-state index >= 15 is 0 Å². The normalized spacial score (nSPS) is 26.7. The number of carbonyl (C=O) groups is 1. The molecule has 4 rings (SSSR count). The van der Waals surface area contributed by atoms with Gasteiger partial charge in [0.25, 0.3) is 0 Å². The number of hydrogen-bond acceptors (Lipinski definition) is 5. The number of ketones is 1. The van der Waals surface area contributed by atoms with Crippen LogP contribution in [0.15, 0.2) is 11.3 Å². The van der Waals surface area contributed by atoms with Crippen LogP contribution in [-0.2, 0) is 11.8 Å². The number of aryl methyl sites for hydroxylation is 1. The Labute approximate surface area is 149 Å². The molecule has 1 aliphatic carbocycles. The number of piperidine rings is 1. The Kier molecular flexibility index (Phi) is 4.40. The second-order valence-electron chi connectivity index (χ2n) is 7.95. The van der Waals surface area contributed by atoms with E-state index in [2.05, 4.69) is 33.3 Å². The summed E-state index contributed by atoms with van der Waals surface area (Å²) in [5.74, 6) is 2.01. The maximum Gasteiger partial charge on any atom is 0.180 e. The van der Waals surface area contributed by atoms with Gasteiger partial charge in [-0.05, 0) is 44.4 Å². The molecule has 0 bridgehead atoms. The number of imidazole rings is 1. The van der Waals surface area contributed by atoms with Crippen LogP contribution in [0.2, 0.25) is 0 Å². The third-order valence-electron chi connectivity index (χ3n) is 6.53. The number of Topliss-reactive ketones (excluding diaryl/α,β-unsaturated/α-hetero) is 1. The molecule has 2 aliphatic heterocycles. The van der Waals surface area contributed by atoms with E-state index in [-0.39, 0.29) is 6.29 Å². The zero-order valence-electron chi connectivity index (χ0n) is 15.6. The highest BCUT2D eigenvalue weighted by Crippen LogP contribution is 2.35. The van der Waals surface area contributed by atoms with Crippen molar-refractivity contribution < 1.29 is 4.79 Å². The first-order valence-electron chi connectivity index (χ1n) is 9.59. The fourth-order valence-corrected chi connectivity index (χ4v) is 4.85. The minimum absolute atomic E-state index is 0.0660. The van der Waals surface area contributed by atoms with Crippen molar-refractivity contribution in [2.75, 3.05) is 20.1 Å². The lowest BCUT2D eigenvalue weighted by Gasteiger charge is -2.43. The third-order valence-corrected chi connectivity index (χ3v) is 6.53. The van der Waals surface area contributed by atoms with Crippen molar-refractivity contribution in [1.82, 2.24) is 19.4 Å². The molecule has 6 heteroatoms. The molecule has 0 N–H and O–H groups in total. The van der Waals surface area contributed by atoms with Gasteiger partial charge in [-0.25, -0.2) is 9.98 Å². The standard InChI is InChI=1S/C19H29N5O/c1-13-17-18(20-12-22(17)2)21-19(23(13)3)24-10-8-15(9-11-24)14-4-6-16(25)7-5-14/h12,14-15,19H,4-11H2,1-3H3. The number of rotatable bonds is 2. The molecule has 1 aromatic heterocycles. The predicted molar refractivity (Wildman–Crippen MR) is 95.9 cm³/mol. The van der Waals surface area contributed by atoms with Crippen LogP contribution in [0.5, 0.6) is 0 Å². The fraction of sp³-hybridized carbons (Fsp3) is 0.737. The molecule has 0 aromatic carbocycles. The Morgan fingerprint density at radius 3 is 2.36 bits per heavy atom. The Balaban J connectivity index is 1.45. The average molecular weight is 343 g/mol. The number of aromatic nitrogens is 2. The SMILES string of the molecule is CC1=c2c(ncn2C)=NC(N2CCC(C3CCC(=O)CC3)CC2)N1C. The lowest BCUT2D eigenvalue weighted by molar-refractivity contribution is -0.121. The van der Waals surface area contributed by atoms with Gasteiger partial charge in [0.1, 0.15) is 11.1 Å². The van der Waals surface area contributed by atoms with Gasteiger partial charge in [0.2, 0.25) is 0 Å². The summed E-state index contributed by atoms with van der Waals surface area (Å²) in [7, 11) is 4.16. The molecule has 1 aromatic rings. The Bertz CT molecular complexity index is 764. The van der Waals surface area contributed by atoms with E-state index < -0.39 is 0 Å². The van der Waals surface area contributed by atoms with Gasteiger partial charge >= 0.3 is 0 Å². The van der Waals surface area contributed by atoms with Crippen molar-refractivity contribution in [3.8, 4) is 0 Å². The molecule has 0 amide bonds. The van der Waals surface area contributed by atoms with E-state index in [0.29, 0.717) is 5.78 Å². The summed E-state index contributed by atoms with van der Waals surface area (Å²) >= 11 is 0. The molecule has 2 fully saturated rings. The summed E-state index contributed by atoms with van der Waals surface area (Å²) in [5.41, 5.74) is 2.11. The summed E-state index contributed by atoms with van der Waals surface area (Å²) in [6.45, 7) is 4.33. The van der Waals surface area contributed by atoms with Gasteiger partial charge in [0, 0.05) is 45.7 Å². The van der Waals surface area contributed by atoms with E-state index in [1.165, 1.54) is 18.5 Å². The number of likely N-dealkylation sites (tertiary alicyclic amines) is 1. The van der Waals surface area contributed by atoms with Crippen LogP contribution in [0.25, 0.3) is 5.70 Å². The van der Waals surface area contributed by atoms with Crippen LogP contribution < -0.4 is 10.8 Å². The topological polar surface area (TPSA) is 53.7 Å². The summed E-state index contributed by atoms with van der Waals surface area (Å²) < 4.78 is 2.05. The van der Waals surface area contributed by atoms with Gasteiger partial charge < -0.3 is 9.47 Å². The molecular weight excluding hydrogens is 314 g/mol. The Morgan fingerprint density at radius 2 is 1.68 bits per heavy atom. The van der Waals surface area contributed by atoms with Crippen LogP contribution in [0, 0.1) is 11.8 Å². The molecule has 1 atom stereocenters. The van der Waals surface area contributed by atoms with E-state index in [9.17, 15) is 4.79 Å². The molecule has 0 spiro atoms. The van der Waals surface area contributed by atoms with Crippen LogP contribution >= 0.6 is 0 Å². The zero-order chi connectivity index (χ0) is 17.6. The smallest absolute Gasteiger partial charge is 0.180 e. The molecule has 0 radical (unpaired) electrons. The summed E-state index contributed by atoms with van der Waals surface area (Å²) in [4.78, 5) is 25.7. The Hall–Kier alpha value is -1.69. The number of carbonyl (C=O) groups excluding carboxylic acids is 1. The molecule has 25 heavy (non-hydrogen) atoms. The largest absolute Gasteiger partial charge is 0.342 e. The molecule has 1 unspecified atom stereocenters. The van der Waals surface area contributed by atoms with Crippen molar-refractivity contribution in [2.24, 2.45) is 23.9 Å².